The van der Waals surface area contributed by atoms with Crippen LogP contribution in [0.4, 0.5) is 0 Å². The Balaban J connectivity index is 2.45. The van der Waals surface area contributed by atoms with E-state index in [9.17, 15) is 0 Å². The van der Waals surface area contributed by atoms with E-state index in [-0.39, 0.29) is 6.04 Å². The Morgan fingerprint density at radius 2 is 2.19 bits per heavy atom. The number of benzene rings is 1. The van der Waals surface area contributed by atoms with Gasteiger partial charge in [0.25, 0.3) is 0 Å². The topological polar surface area (TPSA) is 50.9 Å². The summed E-state index contributed by atoms with van der Waals surface area (Å²) in [6.07, 6.45) is 0. The SMILES string of the molecule is Cc1ncsc1C(NN)c1ccccc1Cl. The molecule has 0 saturated heterocycles. The van der Waals surface area contributed by atoms with Crippen molar-refractivity contribution in [3.8, 4) is 0 Å². The van der Waals surface area contributed by atoms with E-state index < -0.39 is 0 Å². The first-order chi connectivity index (χ1) is 7.74. The van der Waals surface area contributed by atoms with Crippen LogP contribution in [0.25, 0.3) is 0 Å². The van der Waals surface area contributed by atoms with Gasteiger partial charge in [-0.3, -0.25) is 5.84 Å². The number of rotatable bonds is 3. The first kappa shape index (κ1) is 11.5. The van der Waals surface area contributed by atoms with Gasteiger partial charge in [0, 0.05) is 5.02 Å². The molecule has 1 unspecified atom stereocenters. The van der Waals surface area contributed by atoms with Gasteiger partial charge in [-0.25, -0.2) is 10.4 Å². The quantitative estimate of drug-likeness (QED) is 0.653. The maximum Gasteiger partial charge on any atom is 0.0835 e. The van der Waals surface area contributed by atoms with Crippen molar-refractivity contribution >= 4 is 22.9 Å². The number of nitrogens with one attached hydrogen (secondary N) is 1. The molecule has 84 valence electrons. The van der Waals surface area contributed by atoms with Crippen LogP contribution in [0.2, 0.25) is 5.02 Å². The molecule has 3 nitrogen and oxygen atoms in total. The molecule has 0 fully saturated rings. The molecule has 16 heavy (non-hydrogen) atoms. The largest absolute Gasteiger partial charge is 0.271 e. The summed E-state index contributed by atoms with van der Waals surface area (Å²) in [6.45, 7) is 1.97. The van der Waals surface area contributed by atoms with E-state index >= 15 is 0 Å². The molecule has 0 aliphatic heterocycles. The second kappa shape index (κ2) is 4.93. The fraction of sp³-hybridized carbons (Fsp3) is 0.182. The zero-order chi connectivity index (χ0) is 11.5. The van der Waals surface area contributed by atoms with Crippen LogP contribution in [-0.2, 0) is 0 Å². The lowest BCUT2D eigenvalue weighted by Crippen LogP contribution is -2.28. The maximum absolute atomic E-state index is 6.16. The standard InChI is InChI=1S/C11H12ClN3S/c1-7-11(16-6-14-7)10(15-13)8-4-2-3-5-9(8)12/h2-6,10,15H,13H2,1H3. The minimum atomic E-state index is -0.0961. The summed E-state index contributed by atoms with van der Waals surface area (Å²) in [5, 5.41) is 0.707. The van der Waals surface area contributed by atoms with Crippen molar-refractivity contribution in [2.75, 3.05) is 0 Å². The van der Waals surface area contributed by atoms with Gasteiger partial charge in [-0.1, -0.05) is 29.8 Å². The van der Waals surface area contributed by atoms with E-state index in [1.165, 1.54) is 0 Å². The Morgan fingerprint density at radius 1 is 1.44 bits per heavy atom. The second-order valence-electron chi connectivity index (χ2n) is 3.42. The fourth-order valence-electron chi connectivity index (χ4n) is 1.60. The highest BCUT2D eigenvalue weighted by Crippen LogP contribution is 2.31. The fourth-order valence-corrected chi connectivity index (χ4v) is 2.73. The minimum Gasteiger partial charge on any atom is -0.271 e. The van der Waals surface area contributed by atoms with Gasteiger partial charge in [0.15, 0.2) is 0 Å². The molecule has 3 N–H and O–H groups in total. The number of aromatic nitrogens is 1. The Labute approximate surface area is 103 Å². The average molecular weight is 254 g/mol. The summed E-state index contributed by atoms with van der Waals surface area (Å²) in [4.78, 5) is 5.31. The van der Waals surface area contributed by atoms with E-state index in [1.807, 2.05) is 36.7 Å². The Morgan fingerprint density at radius 3 is 2.75 bits per heavy atom. The lowest BCUT2D eigenvalue weighted by Gasteiger charge is -2.16. The molecule has 0 spiro atoms. The van der Waals surface area contributed by atoms with Gasteiger partial charge in [-0.15, -0.1) is 11.3 Å². The zero-order valence-corrected chi connectivity index (χ0v) is 10.3. The first-order valence-electron chi connectivity index (χ1n) is 4.84. The van der Waals surface area contributed by atoms with Gasteiger partial charge in [0.2, 0.25) is 0 Å². The van der Waals surface area contributed by atoms with E-state index in [0.717, 1.165) is 16.1 Å². The van der Waals surface area contributed by atoms with Crippen LogP contribution >= 0.6 is 22.9 Å². The molecular weight excluding hydrogens is 242 g/mol. The van der Waals surface area contributed by atoms with Crippen molar-refractivity contribution < 1.29 is 0 Å². The van der Waals surface area contributed by atoms with Gasteiger partial charge in [0.1, 0.15) is 0 Å². The molecule has 2 rings (SSSR count). The number of hydrazine groups is 1. The van der Waals surface area contributed by atoms with Crippen molar-refractivity contribution in [2.24, 2.45) is 5.84 Å². The Kier molecular flexibility index (Phi) is 3.56. The lowest BCUT2D eigenvalue weighted by atomic mass is 10.1. The number of nitrogens with two attached hydrogens (primary N) is 1. The van der Waals surface area contributed by atoms with Crippen LogP contribution in [0, 0.1) is 6.92 Å². The van der Waals surface area contributed by atoms with Gasteiger partial charge < -0.3 is 0 Å². The number of hydrogen-bond acceptors (Lipinski definition) is 4. The third kappa shape index (κ3) is 2.10. The lowest BCUT2D eigenvalue weighted by molar-refractivity contribution is 0.642. The highest BCUT2D eigenvalue weighted by atomic mass is 35.5. The third-order valence-electron chi connectivity index (χ3n) is 2.43. The highest BCUT2D eigenvalue weighted by molar-refractivity contribution is 7.09. The molecule has 2 aromatic rings. The summed E-state index contributed by atoms with van der Waals surface area (Å²) >= 11 is 7.73. The van der Waals surface area contributed by atoms with Crippen LogP contribution in [0.1, 0.15) is 22.2 Å². The monoisotopic (exact) mass is 253 g/mol. The predicted octanol–water partition coefficient (Wildman–Crippen LogP) is 2.66. The molecule has 0 bridgehead atoms. The van der Waals surface area contributed by atoms with Gasteiger partial charge >= 0.3 is 0 Å². The summed E-state index contributed by atoms with van der Waals surface area (Å²) in [5.41, 5.74) is 6.55. The molecule has 1 heterocycles. The van der Waals surface area contributed by atoms with Gasteiger partial charge in [-0.2, -0.15) is 0 Å². The zero-order valence-electron chi connectivity index (χ0n) is 8.77. The summed E-state index contributed by atoms with van der Waals surface area (Å²) in [6, 6.07) is 7.57. The third-order valence-corrected chi connectivity index (χ3v) is 3.77. The van der Waals surface area contributed by atoms with E-state index in [2.05, 4.69) is 10.4 Å². The number of nitrogens with zero attached hydrogens (tertiary/aromatic N) is 1. The van der Waals surface area contributed by atoms with E-state index in [4.69, 9.17) is 17.4 Å². The first-order valence-corrected chi connectivity index (χ1v) is 6.10. The number of aryl methyl sites for hydroxylation is 1. The van der Waals surface area contributed by atoms with Crippen molar-refractivity contribution in [2.45, 2.75) is 13.0 Å². The highest BCUT2D eigenvalue weighted by Gasteiger charge is 2.18. The smallest absolute Gasteiger partial charge is 0.0835 e. The number of halogens is 1. The molecule has 5 heteroatoms. The van der Waals surface area contributed by atoms with Crippen LogP contribution < -0.4 is 11.3 Å². The number of thiazole rings is 1. The average Bonchev–Trinajstić information content (AvgIpc) is 2.69. The van der Waals surface area contributed by atoms with Gasteiger partial charge in [0.05, 0.1) is 22.1 Å². The summed E-state index contributed by atoms with van der Waals surface area (Å²) < 4.78 is 0. The molecule has 0 aliphatic carbocycles. The molecule has 0 amide bonds. The van der Waals surface area contributed by atoms with Crippen LogP contribution in [0.3, 0.4) is 0 Å². The second-order valence-corrected chi connectivity index (χ2v) is 4.72. The molecule has 1 aromatic heterocycles. The Bertz CT molecular complexity index is 484. The molecule has 0 saturated carbocycles. The predicted molar refractivity (Wildman–Crippen MR) is 67.5 cm³/mol. The molecular formula is C11H12ClN3S. The number of hydrogen-bond donors (Lipinski definition) is 2. The molecule has 1 atom stereocenters. The van der Waals surface area contributed by atoms with Crippen molar-refractivity contribution in [3.05, 3.63) is 50.9 Å². The van der Waals surface area contributed by atoms with E-state index in [1.54, 1.807) is 11.3 Å². The maximum atomic E-state index is 6.16. The van der Waals surface area contributed by atoms with Crippen molar-refractivity contribution in [3.63, 3.8) is 0 Å². The van der Waals surface area contributed by atoms with E-state index in [0.29, 0.717) is 5.02 Å². The minimum absolute atomic E-state index is 0.0961. The molecule has 0 radical (unpaired) electrons. The molecule has 1 aromatic carbocycles. The van der Waals surface area contributed by atoms with Crippen molar-refractivity contribution in [1.82, 2.24) is 10.4 Å². The van der Waals surface area contributed by atoms with Crippen LogP contribution in [0.15, 0.2) is 29.8 Å². The van der Waals surface area contributed by atoms with Crippen LogP contribution in [-0.4, -0.2) is 4.98 Å². The van der Waals surface area contributed by atoms with Crippen LogP contribution in [0.5, 0.6) is 0 Å². The van der Waals surface area contributed by atoms with Crippen molar-refractivity contribution in [1.29, 1.82) is 0 Å². The summed E-state index contributed by atoms with van der Waals surface area (Å²) in [5.74, 6) is 5.60. The van der Waals surface area contributed by atoms with Gasteiger partial charge in [-0.05, 0) is 18.6 Å². The Hall–Kier alpha value is -0.940. The summed E-state index contributed by atoms with van der Waals surface area (Å²) in [7, 11) is 0. The molecule has 0 aliphatic rings. The normalized spacial score (nSPS) is 12.7.